The Labute approximate surface area is 255 Å². The Balaban J connectivity index is 2.11. The number of carbonyl (C=O) groups excluding carboxylic acids is 2. The number of hydrogen-bond donors (Lipinski definition) is 1. The van der Waals surface area contributed by atoms with E-state index in [1.807, 2.05) is 30.3 Å². The number of alkyl halides is 3. The largest absolute Gasteiger partial charge is 0.416 e. The fourth-order valence-electron chi connectivity index (χ4n) is 4.46. The molecule has 0 unspecified atom stereocenters. The average molecular weight is 638 g/mol. The van der Waals surface area contributed by atoms with E-state index >= 15 is 0 Å². The lowest BCUT2D eigenvalue weighted by atomic mass is 10.1. The van der Waals surface area contributed by atoms with Gasteiger partial charge in [0.05, 0.1) is 21.2 Å². The molecule has 0 fully saturated rings. The van der Waals surface area contributed by atoms with E-state index in [0.717, 1.165) is 17.7 Å². The zero-order valence-corrected chi connectivity index (χ0v) is 25.9. The molecule has 3 aromatic carbocycles. The van der Waals surface area contributed by atoms with Crippen LogP contribution >= 0.6 is 11.6 Å². The SMILES string of the molecule is CC[C@H](C(=O)NC(C)(C)C)N(CCc1ccccc1)C(=O)CN(c1cc(C(F)(F)F)ccc1Cl)S(=O)(=O)c1ccccc1. The number of nitrogens with zero attached hydrogens (tertiary/aromatic N) is 2. The Kier molecular flexibility index (Phi) is 10.9. The molecule has 1 N–H and O–H groups in total. The van der Waals surface area contributed by atoms with Crippen LogP contribution in [0.1, 0.15) is 45.2 Å². The summed E-state index contributed by atoms with van der Waals surface area (Å²) < 4.78 is 69.4. The van der Waals surface area contributed by atoms with E-state index in [9.17, 15) is 31.2 Å². The van der Waals surface area contributed by atoms with Crippen molar-refractivity contribution in [3.8, 4) is 0 Å². The molecule has 2 amide bonds. The van der Waals surface area contributed by atoms with Gasteiger partial charge in [-0.1, -0.05) is 67.1 Å². The summed E-state index contributed by atoms with van der Waals surface area (Å²) in [6.45, 7) is 6.24. The van der Waals surface area contributed by atoms with Crippen molar-refractivity contribution >= 4 is 39.1 Å². The van der Waals surface area contributed by atoms with Gasteiger partial charge >= 0.3 is 6.18 Å². The third-order valence-corrected chi connectivity index (χ3v) is 8.61. The maximum absolute atomic E-state index is 14.1. The number of amides is 2. The molecule has 0 saturated carbocycles. The molecule has 1 atom stereocenters. The van der Waals surface area contributed by atoms with Gasteiger partial charge in [-0.25, -0.2) is 8.42 Å². The van der Waals surface area contributed by atoms with Crippen LogP contribution in [0.2, 0.25) is 5.02 Å². The van der Waals surface area contributed by atoms with Crippen molar-refractivity contribution in [2.75, 3.05) is 17.4 Å². The summed E-state index contributed by atoms with van der Waals surface area (Å²) in [5.74, 6) is -1.22. The van der Waals surface area contributed by atoms with Crippen molar-refractivity contribution < 1.29 is 31.2 Å². The summed E-state index contributed by atoms with van der Waals surface area (Å²) in [6, 6.07) is 17.5. The summed E-state index contributed by atoms with van der Waals surface area (Å²) in [6.07, 6.45) is -4.24. The number of halogens is 4. The fraction of sp³-hybridized carbons (Fsp3) is 0.355. The quantitative estimate of drug-likeness (QED) is 0.267. The van der Waals surface area contributed by atoms with Crippen molar-refractivity contribution in [1.82, 2.24) is 10.2 Å². The Morgan fingerprint density at radius 1 is 0.930 bits per heavy atom. The molecule has 0 bridgehead atoms. The van der Waals surface area contributed by atoms with Crippen LogP contribution in [0.25, 0.3) is 0 Å². The molecular weight excluding hydrogens is 603 g/mol. The van der Waals surface area contributed by atoms with Gasteiger partial charge in [-0.3, -0.25) is 13.9 Å². The zero-order valence-electron chi connectivity index (χ0n) is 24.4. The molecule has 0 aliphatic heterocycles. The highest BCUT2D eigenvalue weighted by molar-refractivity contribution is 7.92. The predicted molar refractivity (Wildman–Crippen MR) is 161 cm³/mol. The van der Waals surface area contributed by atoms with Gasteiger partial charge in [-0.05, 0) is 69.5 Å². The van der Waals surface area contributed by atoms with Crippen LogP contribution in [0, 0.1) is 0 Å². The predicted octanol–water partition coefficient (Wildman–Crippen LogP) is 6.32. The molecule has 0 saturated heterocycles. The molecule has 0 radical (unpaired) electrons. The van der Waals surface area contributed by atoms with Gasteiger partial charge in [0.15, 0.2) is 0 Å². The number of benzene rings is 3. The van der Waals surface area contributed by atoms with Crippen molar-refractivity contribution in [2.24, 2.45) is 0 Å². The van der Waals surface area contributed by atoms with E-state index < -0.39 is 57.4 Å². The number of nitrogens with one attached hydrogen (secondary N) is 1. The molecule has 0 heterocycles. The highest BCUT2D eigenvalue weighted by Crippen LogP contribution is 2.37. The minimum atomic E-state index is -4.80. The van der Waals surface area contributed by atoms with Gasteiger partial charge < -0.3 is 10.2 Å². The molecule has 0 aliphatic rings. The molecule has 12 heteroatoms. The molecule has 3 aromatic rings. The molecule has 3 rings (SSSR count). The van der Waals surface area contributed by atoms with E-state index in [1.165, 1.54) is 29.2 Å². The zero-order chi connectivity index (χ0) is 32.0. The summed E-state index contributed by atoms with van der Waals surface area (Å²) >= 11 is 6.29. The van der Waals surface area contributed by atoms with Gasteiger partial charge in [0.25, 0.3) is 10.0 Å². The average Bonchev–Trinajstić information content (AvgIpc) is 2.93. The lowest BCUT2D eigenvalue weighted by Crippen LogP contribution is -2.56. The summed E-state index contributed by atoms with van der Waals surface area (Å²) in [4.78, 5) is 28.4. The molecule has 7 nitrogen and oxygen atoms in total. The van der Waals surface area contributed by atoms with Crippen molar-refractivity contribution in [3.05, 3.63) is 95.0 Å². The molecule has 0 aliphatic carbocycles. The second-order valence-electron chi connectivity index (χ2n) is 11.0. The molecule has 43 heavy (non-hydrogen) atoms. The molecule has 232 valence electrons. The minimum absolute atomic E-state index is 0.0501. The first kappa shape index (κ1) is 33.9. The van der Waals surface area contributed by atoms with Gasteiger partial charge in [0.2, 0.25) is 11.8 Å². The lowest BCUT2D eigenvalue weighted by molar-refractivity contribution is -0.140. The van der Waals surface area contributed by atoms with E-state index in [-0.39, 0.29) is 22.9 Å². The van der Waals surface area contributed by atoms with E-state index in [1.54, 1.807) is 33.8 Å². The first-order chi connectivity index (χ1) is 20.0. The Morgan fingerprint density at radius 3 is 2.05 bits per heavy atom. The standard InChI is InChI=1S/C31H35ClF3N3O4S/c1-5-26(29(40)36-30(2,3)4)37(19-18-22-12-8-6-9-13-22)28(39)21-38(43(41,42)24-14-10-7-11-15-24)27-20-23(31(33,34)35)16-17-25(27)32/h6-17,20,26H,5,18-19,21H2,1-4H3,(H,36,40)/t26-/m1/s1. The van der Waals surface area contributed by atoms with Crippen LogP contribution in [0.5, 0.6) is 0 Å². The monoisotopic (exact) mass is 637 g/mol. The minimum Gasteiger partial charge on any atom is -0.350 e. The number of sulfonamides is 1. The topological polar surface area (TPSA) is 86.8 Å². The highest BCUT2D eigenvalue weighted by atomic mass is 35.5. The molecule has 0 aromatic heterocycles. The van der Waals surface area contributed by atoms with Crippen molar-refractivity contribution in [3.63, 3.8) is 0 Å². The van der Waals surface area contributed by atoms with Gasteiger partial charge in [0, 0.05) is 12.1 Å². The van der Waals surface area contributed by atoms with E-state index in [0.29, 0.717) is 16.8 Å². The number of anilines is 1. The smallest absolute Gasteiger partial charge is 0.350 e. The Hall–Kier alpha value is -3.57. The fourth-order valence-corrected chi connectivity index (χ4v) is 6.18. The van der Waals surface area contributed by atoms with Gasteiger partial charge in [0.1, 0.15) is 12.6 Å². The van der Waals surface area contributed by atoms with Gasteiger partial charge in [-0.2, -0.15) is 13.2 Å². The number of hydrogen-bond acceptors (Lipinski definition) is 4. The Bertz CT molecular complexity index is 1510. The van der Waals surface area contributed by atoms with Crippen LogP contribution in [0.4, 0.5) is 18.9 Å². The summed E-state index contributed by atoms with van der Waals surface area (Å²) in [7, 11) is -4.58. The summed E-state index contributed by atoms with van der Waals surface area (Å²) in [5, 5.41) is 2.57. The first-order valence-corrected chi connectivity index (χ1v) is 15.5. The third kappa shape index (κ3) is 8.96. The van der Waals surface area contributed by atoms with Crippen LogP contribution in [0.15, 0.2) is 83.8 Å². The van der Waals surface area contributed by atoms with Crippen LogP contribution < -0.4 is 9.62 Å². The first-order valence-electron chi connectivity index (χ1n) is 13.6. The lowest BCUT2D eigenvalue weighted by Gasteiger charge is -2.35. The van der Waals surface area contributed by atoms with Crippen molar-refractivity contribution in [2.45, 2.75) is 63.2 Å². The van der Waals surface area contributed by atoms with Gasteiger partial charge in [-0.15, -0.1) is 0 Å². The van der Waals surface area contributed by atoms with E-state index in [4.69, 9.17) is 11.6 Å². The van der Waals surface area contributed by atoms with Crippen LogP contribution in [-0.2, 0) is 32.2 Å². The maximum atomic E-state index is 14.1. The number of rotatable bonds is 11. The number of carbonyl (C=O) groups is 2. The highest BCUT2D eigenvalue weighted by Gasteiger charge is 2.37. The Morgan fingerprint density at radius 2 is 1.51 bits per heavy atom. The molecular formula is C31H35ClF3N3O4S. The molecule has 0 spiro atoms. The maximum Gasteiger partial charge on any atom is 0.416 e. The normalized spacial score (nSPS) is 12.8. The van der Waals surface area contributed by atoms with Crippen LogP contribution in [-0.4, -0.2) is 49.8 Å². The van der Waals surface area contributed by atoms with Crippen LogP contribution in [0.3, 0.4) is 0 Å². The van der Waals surface area contributed by atoms with Crippen molar-refractivity contribution in [1.29, 1.82) is 0 Å². The van der Waals surface area contributed by atoms with E-state index in [2.05, 4.69) is 5.32 Å². The third-order valence-electron chi connectivity index (χ3n) is 6.52. The second kappa shape index (κ2) is 13.8. The summed E-state index contributed by atoms with van der Waals surface area (Å²) in [5.41, 5.74) is -1.39. The second-order valence-corrected chi connectivity index (χ2v) is 13.2.